The number of carbonyl (C=O) groups excluding carboxylic acids is 1. The summed E-state index contributed by atoms with van der Waals surface area (Å²) in [6.45, 7) is 3.40. The van der Waals surface area contributed by atoms with Crippen molar-refractivity contribution in [3.05, 3.63) is 48.6 Å². The van der Waals surface area contributed by atoms with Crippen LogP contribution in [0.15, 0.2) is 48.6 Å². The van der Waals surface area contributed by atoms with Gasteiger partial charge >= 0.3 is 0 Å². The van der Waals surface area contributed by atoms with E-state index in [2.05, 4.69) is 49.5 Å². The SMILES string of the molecule is CCCC/C=C/CC/C=C/CC/C=C/C(O)C(COC1OC(CO)C(O)C(O)C1O)NC(=O)C(O)CC/C=C\CCCCCC. The maximum atomic E-state index is 12.8. The average molecular weight is 640 g/mol. The molecule has 10 heteroatoms. The van der Waals surface area contributed by atoms with E-state index in [1.807, 2.05) is 6.08 Å². The molecule has 0 spiro atoms. The van der Waals surface area contributed by atoms with Crippen LogP contribution in [-0.2, 0) is 14.3 Å². The summed E-state index contributed by atoms with van der Waals surface area (Å²) in [4.78, 5) is 12.8. The highest BCUT2D eigenvalue weighted by molar-refractivity contribution is 5.80. The molecule has 1 rings (SSSR count). The van der Waals surface area contributed by atoms with Gasteiger partial charge in [-0.25, -0.2) is 0 Å². The van der Waals surface area contributed by atoms with Gasteiger partial charge in [0.2, 0.25) is 5.91 Å². The zero-order valence-electron chi connectivity index (χ0n) is 27.5. The molecule has 0 bridgehead atoms. The predicted octanol–water partition coefficient (Wildman–Crippen LogP) is 3.74. The Balaban J connectivity index is 2.68. The van der Waals surface area contributed by atoms with Crippen molar-refractivity contribution < 1.29 is 44.9 Å². The summed E-state index contributed by atoms with van der Waals surface area (Å²) in [5.74, 6) is -0.673. The van der Waals surface area contributed by atoms with E-state index in [1.54, 1.807) is 12.2 Å². The molecule has 0 saturated carbocycles. The fraction of sp³-hybridized carbons (Fsp3) is 0.743. The molecule has 8 atom stereocenters. The number of nitrogens with one attached hydrogen (secondary N) is 1. The van der Waals surface area contributed by atoms with Gasteiger partial charge in [0, 0.05) is 0 Å². The molecule has 1 aliphatic rings. The van der Waals surface area contributed by atoms with E-state index in [0.29, 0.717) is 12.8 Å². The first-order chi connectivity index (χ1) is 21.8. The Kier molecular flexibility index (Phi) is 24.0. The fourth-order valence-corrected chi connectivity index (χ4v) is 4.77. The first kappa shape index (κ1) is 41.1. The largest absolute Gasteiger partial charge is 0.394 e. The number of aliphatic hydroxyl groups is 6. The molecular formula is C35H61NO9. The maximum Gasteiger partial charge on any atom is 0.249 e. The van der Waals surface area contributed by atoms with Gasteiger partial charge in [0.1, 0.15) is 30.5 Å². The molecule has 0 aromatic carbocycles. The highest BCUT2D eigenvalue weighted by Crippen LogP contribution is 2.22. The van der Waals surface area contributed by atoms with Gasteiger partial charge < -0.3 is 45.4 Å². The summed E-state index contributed by atoms with van der Waals surface area (Å²) >= 11 is 0. The van der Waals surface area contributed by atoms with E-state index >= 15 is 0 Å². The Hall–Kier alpha value is -1.89. The summed E-state index contributed by atoms with van der Waals surface area (Å²) in [6.07, 6.45) is 19.5. The fourth-order valence-electron chi connectivity index (χ4n) is 4.77. The number of allylic oxidation sites excluding steroid dienone is 7. The van der Waals surface area contributed by atoms with Gasteiger partial charge in [-0.3, -0.25) is 4.79 Å². The third kappa shape index (κ3) is 18.1. The number of aliphatic hydroxyl groups excluding tert-OH is 6. The first-order valence-electron chi connectivity index (χ1n) is 17.0. The number of carbonyl (C=O) groups is 1. The van der Waals surface area contributed by atoms with Crippen LogP contribution < -0.4 is 5.32 Å². The molecule has 0 aromatic heterocycles. The molecule has 10 nitrogen and oxygen atoms in total. The molecule has 0 aliphatic carbocycles. The third-order valence-corrected chi connectivity index (χ3v) is 7.72. The standard InChI is InChI=1S/C35H61NO9/c1-3-5-7-9-11-13-14-15-16-18-19-21-23-28(38)27(26-44-35-33(42)32(41)31(40)30(25-37)45-35)36-34(43)29(39)24-22-20-17-12-10-8-6-4-2/h9,11,15-17,20-21,23,27-33,35,37-42H,3-8,10,12-14,18-19,22,24-26H2,1-2H3,(H,36,43)/b11-9+,16-15+,20-17-,23-21+. The Morgan fingerprint density at radius 1 is 0.756 bits per heavy atom. The predicted molar refractivity (Wildman–Crippen MR) is 176 cm³/mol. The number of unbranched alkanes of at least 4 members (excludes halogenated alkanes) is 8. The van der Waals surface area contributed by atoms with Gasteiger partial charge in [0.05, 0.1) is 25.4 Å². The van der Waals surface area contributed by atoms with Crippen molar-refractivity contribution in [3.63, 3.8) is 0 Å². The summed E-state index contributed by atoms with van der Waals surface area (Å²) in [5, 5.41) is 63.8. The molecule has 1 amide bonds. The minimum absolute atomic E-state index is 0.213. The molecule has 45 heavy (non-hydrogen) atoms. The van der Waals surface area contributed by atoms with E-state index in [-0.39, 0.29) is 13.0 Å². The third-order valence-electron chi connectivity index (χ3n) is 7.72. The minimum atomic E-state index is -1.62. The van der Waals surface area contributed by atoms with Gasteiger partial charge in [-0.05, 0) is 57.8 Å². The van der Waals surface area contributed by atoms with Gasteiger partial charge in [-0.15, -0.1) is 0 Å². The second-order valence-electron chi connectivity index (χ2n) is 11.7. The molecule has 1 saturated heterocycles. The topological polar surface area (TPSA) is 169 Å². The van der Waals surface area contributed by atoms with Crippen molar-refractivity contribution >= 4 is 5.91 Å². The Morgan fingerprint density at radius 3 is 1.96 bits per heavy atom. The molecule has 0 aromatic rings. The van der Waals surface area contributed by atoms with Gasteiger partial charge in [-0.1, -0.05) is 94.6 Å². The molecule has 0 radical (unpaired) electrons. The molecule has 260 valence electrons. The van der Waals surface area contributed by atoms with Crippen molar-refractivity contribution in [1.82, 2.24) is 5.32 Å². The molecule has 1 heterocycles. The minimum Gasteiger partial charge on any atom is -0.394 e. The van der Waals surface area contributed by atoms with Crippen LogP contribution in [0.1, 0.15) is 104 Å². The normalized spacial score (nSPS) is 24.7. The van der Waals surface area contributed by atoms with Crippen LogP contribution in [0.5, 0.6) is 0 Å². The van der Waals surface area contributed by atoms with E-state index in [4.69, 9.17) is 9.47 Å². The van der Waals surface area contributed by atoms with Crippen molar-refractivity contribution in [1.29, 1.82) is 0 Å². The average Bonchev–Trinajstić information content (AvgIpc) is 3.04. The second kappa shape index (κ2) is 26.2. The number of hydrogen-bond donors (Lipinski definition) is 7. The Morgan fingerprint density at radius 2 is 1.33 bits per heavy atom. The zero-order chi connectivity index (χ0) is 33.3. The monoisotopic (exact) mass is 639 g/mol. The van der Waals surface area contributed by atoms with Crippen LogP contribution in [0, 0.1) is 0 Å². The molecule has 8 unspecified atom stereocenters. The lowest BCUT2D eigenvalue weighted by Gasteiger charge is -2.40. The second-order valence-corrected chi connectivity index (χ2v) is 11.7. The van der Waals surface area contributed by atoms with Crippen molar-refractivity contribution in [2.45, 2.75) is 153 Å². The molecular weight excluding hydrogens is 578 g/mol. The van der Waals surface area contributed by atoms with Crippen LogP contribution in [0.2, 0.25) is 0 Å². The summed E-state index contributed by atoms with van der Waals surface area (Å²) < 4.78 is 11.0. The van der Waals surface area contributed by atoms with E-state index < -0.39 is 61.5 Å². The lowest BCUT2D eigenvalue weighted by molar-refractivity contribution is -0.302. The van der Waals surface area contributed by atoms with Gasteiger partial charge in [0.15, 0.2) is 6.29 Å². The van der Waals surface area contributed by atoms with Crippen molar-refractivity contribution in [2.75, 3.05) is 13.2 Å². The van der Waals surface area contributed by atoms with Crippen molar-refractivity contribution in [2.24, 2.45) is 0 Å². The van der Waals surface area contributed by atoms with Crippen LogP contribution in [0.4, 0.5) is 0 Å². The zero-order valence-corrected chi connectivity index (χ0v) is 27.5. The molecule has 1 aliphatic heterocycles. The van der Waals surface area contributed by atoms with Crippen LogP contribution in [0.25, 0.3) is 0 Å². The van der Waals surface area contributed by atoms with Crippen LogP contribution in [-0.4, -0.2) is 98.7 Å². The van der Waals surface area contributed by atoms with Crippen LogP contribution in [0.3, 0.4) is 0 Å². The van der Waals surface area contributed by atoms with E-state index in [0.717, 1.165) is 38.5 Å². The summed E-state index contributed by atoms with van der Waals surface area (Å²) in [5.41, 5.74) is 0. The highest BCUT2D eigenvalue weighted by atomic mass is 16.7. The van der Waals surface area contributed by atoms with E-state index in [1.165, 1.54) is 32.1 Å². The Labute approximate surface area is 270 Å². The maximum absolute atomic E-state index is 12.8. The molecule has 7 N–H and O–H groups in total. The lowest BCUT2D eigenvalue weighted by Crippen LogP contribution is -2.60. The van der Waals surface area contributed by atoms with Crippen LogP contribution >= 0.6 is 0 Å². The first-order valence-corrected chi connectivity index (χ1v) is 17.0. The van der Waals surface area contributed by atoms with Crippen molar-refractivity contribution in [3.8, 4) is 0 Å². The van der Waals surface area contributed by atoms with Gasteiger partial charge in [0.25, 0.3) is 0 Å². The number of amides is 1. The molecule has 1 fully saturated rings. The lowest BCUT2D eigenvalue weighted by atomic mass is 9.99. The highest BCUT2D eigenvalue weighted by Gasteiger charge is 2.44. The smallest absolute Gasteiger partial charge is 0.249 e. The van der Waals surface area contributed by atoms with Gasteiger partial charge in [-0.2, -0.15) is 0 Å². The summed E-state index contributed by atoms with van der Waals surface area (Å²) in [7, 11) is 0. The summed E-state index contributed by atoms with van der Waals surface area (Å²) in [6, 6.07) is -1.01. The number of rotatable bonds is 25. The number of hydrogen-bond acceptors (Lipinski definition) is 9. The quantitative estimate of drug-likeness (QED) is 0.0581. The Bertz CT molecular complexity index is 860. The number of ether oxygens (including phenoxy) is 2. The van der Waals surface area contributed by atoms with E-state index in [9.17, 15) is 35.4 Å².